The predicted molar refractivity (Wildman–Crippen MR) is 68.3 cm³/mol. The van der Waals surface area contributed by atoms with Crippen molar-refractivity contribution in [3.05, 3.63) is 0 Å². The molecule has 17 heavy (non-hydrogen) atoms. The summed E-state index contributed by atoms with van der Waals surface area (Å²) in [5, 5.41) is 0. The summed E-state index contributed by atoms with van der Waals surface area (Å²) in [7, 11) is -2.85. The first-order valence-corrected chi connectivity index (χ1v) is 8.17. The zero-order valence-electron chi connectivity index (χ0n) is 10.5. The van der Waals surface area contributed by atoms with Gasteiger partial charge >= 0.3 is 0 Å². The van der Waals surface area contributed by atoms with Crippen LogP contribution in [0.2, 0.25) is 0 Å². The fourth-order valence-electron chi connectivity index (χ4n) is 2.11. The molecule has 102 valence electrons. The summed E-state index contributed by atoms with van der Waals surface area (Å²) in [6.45, 7) is 2.52. The summed E-state index contributed by atoms with van der Waals surface area (Å²) >= 11 is 0. The summed E-state index contributed by atoms with van der Waals surface area (Å²) in [6.07, 6.45) is 4.83. The van der Waals surface area contributed by atoms with Crippen LogP contribution in [0.5, 0.6) is 0 Å². The minimum Gasteiger partial charge on any atom is -0.378 e. The largest absolute Gasteiger partial charge is 0.378 e. The van der Waals surface area contributed by atoms with Crippen molar-refractivity contribution in [3.63, 3.8) is 0 Å². The lowest BCUT2D eigenvalue weighted by molar-refractivity contribution is 0.0935. The summed E-state index contributed by atoms with van der Waals surface area (Å²) in [5.74, 6) is 5.96. The molecule has 1 fully saturated rings. The van der Waals surface area contributed by atoms with Gasteiger partial charge in [-0.25, -0.2) is 8.42 Å². The van der Waals surface area contributed by atoms with Crippen LogP contribution in [0, 0.1) is 0 Å². The van der Waals surface area contributed by atoms with Crippen molar-refractivity contribution in [1.29, 1.82) is 0 Å². The highest BCUT2D eigenvalue weighted by Crippen LogP contribution is 2.18. The van der Waals surface area contributed by atoms with Gasteiger partial charge in [-0.2, -0.15) is 0 Å². The van der Waals surface area contributed by atoms with Crippen LogP contribution >= 0.6 is 0 Å². The number of hydrogen-bond donors (Lipinski definition) is 2. The zero-order valence-corrected chi connectivity index (χ0v) is 11.3. The van der Waals surface area contributed by atoms with E-state index >= 15 is 0 Å². The maximum Gasteiger partial charge on any atom is 0.150 e. The van der Waals surface area contributed by atoms with Crippen LogP contribution in [0.3, 0.4) is 0 Å². The van der Waals surface area contributed by atoms with E-state index < -0.39 is 9.84 Å². The van der Waals surface area contributed by atoms with Crippen molar-refractivity contribution < 1.29 is 13.2 Å². The fraction of sp³-hybridized carbons (Fsp3) is 1.00. The molecule has 1 aliphatic rings. The number of hydrazine groups is 1. The van der Waals surface area contributed by atoms with E-state index in [0.29, 0.717) is 12.5 Å². The van der Waals surface area contributed by atoms with E-state index in [1.807, 2.05) is 0 Å². The van der Waals surface area contributed by atoms with Gasteiger partial charge in [0.25, 0.3) is 0 Å². The molecule has 0 aromatic heterocycles. The third kappa shape index (κ3) is 5.81. The second-order valence-electron chi connectivity index (χ2n) is 4.61. The van der Waals surface area contributed by atoms with Crippen LogP contribution < -0.4 is 11.3 Å². The Hall–Kier alpha value is -0.170. The average molecular weight is 264 g/mol. The van der Waals surface area contributed by atoms with Gasteiger partial charge in [0.05, 0.1) is 11.9 Å². The molecule has 0 bridgehead atoms. The molecule has 2 unspecified atom stereocenters. The third-order valence-corrected chi connectivity index (χ3v) is 5.05. The maximum atomic E-state index is 11.3. The summed E-state index contributed by atoms with van der Waals surface area (Å²) in [5.41, 5.74) is 2.76. The molecule has 0 radical (unpaired) electrons. The molecule has 6 heteroatoms. The molecule has 5 nitrogen and oxygen atoms in total. The fourth-order valence-corrected chi connectivity index (χ4v) is 3.01. The van der Waals surface area contributed by atoms with E-state index in [4.69, 9.17) is 10.6 Å². The molecule has 0 aliphatic carbocycles. The molecule has 0 saturated carbocycles. The molecule has 1 rings (SSSR count). The number of ether oxygens (including phenoxy) is 1. The van der Waals surface area contributed by atoms with Crippen LogP contribution in [0.4, 0.5) is 0 Å². The highest BCUT2D eigenvalue weighted by atomic mass is 32.2. The first-order chi connectivity index (χ1) is 8.07. The second kappa shape index (κ2) is 7.31. The summed E-state index contributed by atoms with van der Waals surface area (Å²) < 4.78 is 28.2. The van der Waals surface area contributed by atoms with Gasteiger partial charge in [-0.05, 0) is 32.1 Å². The van der Waals surface area contributed by atoms with Crippen LogP contribution in [-0.4, -0.2) is 38.7 Å². The van der Waals surface area contributed by atoms with Crippen molar-refractivity contribution >= 4 is 9.84 Å². The standard InChI is InChI=1S/C11H24N2O3S/c1-2-17(14,15)8-4-5-10(13-12)9-11-6-3-7-16-11/h10-11,13H,2-9,12H2,1H3. The Bertz CT molecular complexity index is 300. The van der Waals surface area contributed by atoms with Crippen LogP contribution in [0.1, 0.15) is 39.0 Å². The van der Waals surface area contributed by atoms with Gasteiger partial charge in [-0.3, -0.25) is 11.3 Å². The van der Waals surface area contributed by atoms with Crippen molar-refractivity contribution in [2.45, 2.75) is 51.2 Å². The Kier molecular flexibility index (Phi) is 6.40. The Morgan fingerprint density at radius 3 is 2.82 bits per heavy atom. The SMILES string of the molecule is CCS(=O)(=O)CCCC(CC1CCCO1)NN. The molecule has 1 saturated heterocycles. The highest BCUT2D eigenvalue weighted by Gasteiger charge is 2.20. The van der Waals surface area contributed by atoms with Crippen LogP contribution in [0.15, 0.2) is 0 Å². The van der Waals surface area contributed by atoms with Crippen LogP contribution in [0.25, 0.3) is 0 Å². The van der Waals surface area contributed by atoms with Crippen molar-refractivity contribution in [2.24, 2.45) is 5.84 Å². The number of nitrogens with two attached hydrogens (primary N) is 1. The van der Waals surface area contributed by atoms with E-state index in [0.717, 1.165) is 32.3 Å². The molecular weight excluding hydrogens is 240 g/mol. The van der Waals surface area contributed by atoms with E-state index in [-0.39, 0.29) is 17.5 Å². The van der Waals surface area contributed by atoms with Gasteiger partial charge < -0.3 is 4.74 Å². The smallest absolute Gasteiger partial charge is 0.150 e. The lowest BCUT2D eigenvalue weighted by Gasteiger charge is -2.19. The Balaban J connectivity index is 2.22. The molecular formula is C11H24N2O3S. The zero-order chi connectivity index (χ0) is 12.7. The first-order valence-electron chi connectivity index (χ1n) is 6.35. The topological polar surface area (TPSA) is 81.4 Å². The van der Waals surface area contributed by atoms with Crippen molar-refractivity contribution in [2.75, 3.05) is 18.1 Å². The van der Waals surface area contributed by atoms with Gasteiger partial charge in [0.2, 0.25) is 0 Å². The lowest BCUT2D eigenvalue weighted by Crippen LogP contribution is -2.38. The summed E-state index contributed by atoms with van der Waals surface area (Å²) in [6, 6.07) is 0.158. The quantitative estimate of drug-likeness (QED) is 0.496. The van der Waals surface area contributed by atoms with Gasteiger partial charge in [0, 0.05) is 18.4 Å². The summed E-state index contributed by atoms with van der Waals surface area (Å²) in [4.78, 5) is 0. The van der Waals surface area contributed by atoms with E-state index in [1.165, 1.54) is 0 Å². The van der Waals surface area contributed by atoms with E-state index in [2.05, 4.69) is 5.43 Å². The second-order valence-corrected chi connectivity index (χ2v) is 7.09. The minimum absolute atomic E-state index is 0.158. The average Bonchev–Trinajstić information content (AvgIpc) is 2.80. The number of rotatable bonds is 8. The predicted octanol–water partition coefficient (Wildman–Crippen LogP) is 0.602. The number of hydrogen-bond acceptors (Lipinski definition) is 5. The Morgan fingerprint density at radius 2 is 2.29 bits per heavy atom. The van der Waals surface area contributed by atoms with Gasteiger partial charge in [0.1, 0.15) is 9.84 Å². The molecule has 1 aliphatic heterocycles. The maximum absolute atomic E-state index is 11.3. The molecule has 0 amide bonds. The normalized spacial score (nSPS) is 22.8. The Labute approximate surface area is 104 Å². The Morgan fingerprint density at radius 1 is 1.53 bits per heavy atom. The van der Waals surface area contributed by atoms with Crippen molar-refractivity contribution in [1.82, 2.24) is 5.43 Å². The molecule has 1 heterocycles. The van der Waals surface area contributed by atoms with Crippen LogP contribution in [-0.2, 0) is 14.6 Å². The monoisotopic (exact) mass is 264 g/mol. The number of sulfone groups is 1. The first kappa shape index (κ1) is 14.9. The molecule has 2 atom stereocenters. The molecule has 0 aromatic carbocycles. The van der Waals surface area contributed by atoms with E-state index in [1.54, 1.807) is 6.92 Å². The van der Waals surface area contributed by atoms with E-state index in [9.17, 15) is 8.42 Å². The molecule has 0 spiro atoms. The van der Waals surface area contributed by atoms with Gasteiger partial charge in [0.15, 0.2) is 0 Å². The lowest BCUT2D eigenvalue weighted by atomic mass is 10.0. The third-order valence-electron chi connectivity index (χ3n) is 3.25. The number of nitrogens with one attached hydrogen (secondary N) is 1. The molecule has 0 aromatic rings. The van der Waals surface area contributed by atoms with Gasteiger partial charge in [-0.15, -0.1) is 0 Å². The molecule has 3 N–H and O–H groups in total. The minimum atomic E-state index is -2.85. The highest BCUT2D eigenvalue weighted by molar-refractivity contribution is 7.91. The van der Waals surface area contributed by atoms with Gasteiger partial charge in [-0.1, -0.05) is 6.92 Å². The van der Waals surface area contributed by atoms with Crippen molar-refractivity contribution in [3.8, 4) is 0 Å².